The molecule has 0 rings (SSSR count). The monoisotopic (exact) mass is 294 g/mol. The van der Waals surface area contributed by atoms with Crippen LogP contribution in [0.3, 0.4) is 0 Å². The summed E-state index contributed by atoms with van der Waals surface area (Å²) in [6.45, 7) is 2.18. The number of carboxylic acid groups (broad SMARTS) is 1. The molecule has 0 aliphatic carbocycles. The number of rotatable bonds is 14. The van der Waals surface area contributed by atoms with Crippen molar-refractivity contribution in [2.75, 3.05) is 0 Å². The van der Waals surface area contributed by atoms with Crippen LogP contribution in [-0.4, -0.2) is 11.1 Å². The predicted molar refractivity (Wildman–Crippen MR) is 88.0 cm³/mol. The summed E-state index contributed by atoms with van der Waals surface area (Å²) < 4.78 is 5.21. The summed E-state index contributed by atoms with van der Waals surface area (Å²) in [5.41, 5.74) is 0. The minimum Gasteiger partial charge on any atom is -0.481 e. The molecule has 0 saturated carbocycles. The van der Waals surface area contributed by atoms with E-state index in [1.54, 1.807) is 12.5 Å². The number of aliphatic carboxylic acids is 1. The molecule has 0 aromatic heterocycles. The normalized spacial score (nSPS) is 11.9. The minimum absolute atomic E-state index is 0.303. The molecule has 0 atom stereocenters. The molecule has 0 aromatic carbocycles. The van der Waals surface area contributed by atoms with E-state index in [-0.39, 0.29) is 0 Å². The van der Waals surface area contributed by atoms with Gasteiger partial charge in [-0.05, 0) is 44.3 Å². The predicted octanol–water partition coefficient (Wildman–Crippen LogP) is 5.59. The van der Waals surface area contributed by atoms with Crippen LogP contribution in [0, 0.1) is 0 Å². The molecule has 0 heterocycles. The van der Waals surface area contributed by atoms with Gasteiger partial charge in [0, 0.05) is 6.42 Å². The maximum absolute atomic E-state index is 10.3. The molecule has 120 valence electrons. The topological polar surface area (TPSA) is 46.5 Å². The fraction of sp³-hybridized carbons (Fsp3) is 0.611. The summed E-state index contributed by atoms with van der Waals surface area (Å²) >= 11 is 0. The third-order valence-corrected chi connectivity index (χ3v) is 3.06. The van der Waals surface area contributed by atoms with Gasteiger partial charge in [0.2, 0.25) is 0 Å². The summed E-state index contributed by atoms with van der Waals surface area (Å²) in [6.07, 6.45) is 21.7. The molecular formula is C18H30O3. The van der Waals surface area contributed by atoms with Crippen LogP contribution in [-0.2, 0) is 9.53 Å². The van der Waals surface area contributed by atoms with Gasteiger partial charge in [0.05, 0.1) is 12.5 Å². The Balaban J connectivity index is 3.28. The van der Waals surface area contributed by atoms with Crippen LogP contribution in [0.4, 0.5) is 0 Å². The van der Waals surface area contributed by atoms with Gasteiger partial charge in [-0.3, -0.25) is 4.79 Å². The molecule has 1 N–H and O–H groups in total. The molecule has 0 radical (unpaired) electrons. The Morgan fingerprint density at radius 2 is 1.62 bits per heavy atom. The summed E-state index contributed by atoms with van der Waals surface area (Å²) in [4.78, 5) is 10.3. The van der Waals surface area contributed by atoms with E-state index in [0.29, 0.717) is 6.42 Å². The number of allylic oxidation sites excluding steroid dienone is 4. The molecule has 3 nitrogen and oxygen atoms in total. The van der Waals surface area contributed by atoms with E-state index in [4.69, 9.17) is 9.84 Å². The number of unbranched alkanes of at least 4 members (excludes halogenated alkanes) is 7. The third-order valence-electron chi connectivity index (χ3n) is 3.06. The molecular weight excluding hydrogens is 264 g/mol. The van der Waals surface area contributed by atoms with Crippen molar-refractivity contribution in [2.45, 2.75) is 71.1 Å². The van der Waals surface area contributed by atoms with E-state index in [1.165, 1.54) is 19.3 Å². The number of hydrogen-bond acceptors (Lipinski definition) is 2. The Bertz CT molecular complexity index is 316. The van der Waals surface area contributed by atoms with Gasteiger partial charge in [-0.2, -0.15) is 0 Å². The van der Waals surface area contributed by atoms with Gasteiger partial charge in [0.25, 0.3) is 0 Å². The zero-order valence-corrected chi connectivity index (χ0v) is 13.3. The van der Waals surface area contributed by atoms with Crippen LogP contribution in [0.1, 0.15) is 71.1 Å². The van der Waals surface area contributed by atoms with Gasteiger partial charge in [-0.15, -0.1) is 0 Å². The lowest BCUT2D eigenvalue weighted by atomic mass is 10.1. The second kappa shape index (κ2) is 16.5. The molecule has 0 aromatic rings. The van der Waals surface area contributed by atoms with Crippen molar-refractivity contribution < 1.29 is 14.6 Å². The molecule has 0 saturated heterocycles. The number of carboxylic acids is 1. The molecule has 21 heavy (non-hydrogen) atoms. The Morgan fingerprint density at radius 1 is 0.905 bits per heavy atom. The van der Waals surface area contributed by atoms with Crippen molar-refractivity contribution in [3.63, 3.8) is 0 Å². The standard InChI is InChI=1S/C18H30O3/c1-2-3-4-13-16-21-17-14-11-9-7-5-6-8-10-12-15-18(19)20/h9,11,13-14,16-17H,2-8,10,12,15H2,1H3,(H,19,20)/b11-9+,16-13+,17-14+. The molecule has 0 aliphatic heterocycles. The van der Waals surface area contributed by atoms with Crippen LogP contribution in [0.5, 0.6) is 0 Å². The SMILES string of the molecule is CCCC/C=C/O/C=C/C=C/CCCCCCCC(=O)O. The Labute approximate surface area is 129 Å². The highest BCUT2D eigenvalue weighted by Crippen LogP contribution is 2.07. The van der Waals surface area contributed by atoms with E-state index < -0.39 is 5.97 Å². The second-order valence-corrected chi connectivity index (χ2v) is 5.11. The van der Waals surface area contributed by atoms with E-state index in [1.807, 2.05) is 18.2 Å². The summed E-state index contributed by atoms with van der Waals surface area (Å²) in [7, 11) is 0. The van der Waals surface area contributed by atoms with Gasteiger partial charge in [-0.25, -0.2) is 0 Å². The van der Waals surface area contributed by atoms with Gasteiger partial charge in [0.1, 0.15) is 0 Å². The first-order valence-corrected chi connectivity index (χ1v) is 8.11. The number of carbonyl (C=O) groups is 1. The summed E-state index contributed by atoms with van der Waals surface area (Å²) in [5.74, 6) is -0.688. The van der Waals surface area contributed by atoms with Gasteiger partial charge < -0.3 is 9.84 Å². The fourth-order valence-electron chi connectivity index (χ4n) is 1.83. The Kier molecular flexibility index (Phi) is 15.4. The first-order chi connectivity index (χ1) is 10.3. The Hall–Kier alpha value is -1.51. The highest BCUT2D eigenvalue weighted by Gasteiger charge is 1.95. The van der Waals surface area contributed by atoms with Crippen molar-refractivity contribution >= 4 is 5.97 Å². The maximum Gasteiger partial charge on any atom is 0.303 e. The van der Waals surface area contributed by atoms with Crippen LogP contribution in [0.15, 0.2) is 36.8 Å². The average Bonchev–Trinajstić information content (AvgIpc) is 2.46. The largest absolute Gasteiger partial charge is 0.481 e. The molecule has 0 aliphatic rings. The van der Waals surface area contributed by atoms with Crippen LogP contribution in [0.2, 0.25) is 0 Å². The van der Waals surface area contributed by atoms with Crippen molar-refractivity contribution in [1.29, 1.82) is 0 Å². The molecule has 0 spiro atoms. The lowest BCUT2D eigenvalue weighted by Gasteiger charge is -1.97. The fourth-order valence-corrected chi connectivity index (χ4v) is 1.83. The van der Waals surface area contributed by atoms with Gasteiger partial charge in [-0.1, -0.05) is 44.8 Å². The lowest BCUT2D eigenvalue weighted by Crippen LogP contribution is -1.93. The number of ether oxygens (including phenoxy) is 1. The van der Waals surface area contributed by atoms with Crippen LogP contribution >= 0.6 is 0 Å². The summed E-state index contributed by atoms with van der Waals surface area (Å²) in [6, 6.07) is 0. The van der Waals surface area contributed by atoms with E-state index in [9.17, 15) is 4.79 Å². The number of hydrogen-bond donors (Lipinski definition) is 1. The van der Waals surface area contributed by atoms with Crippen LogP contribution < -0.4 is 0 Å². The maximum atomic E-state index is 10.3. The quantitative estimate of drug-likeness (QED) is 0.258. The zero-order chi connectivity index (χ0) is 15.6. The molecule has 0 fully saturated rings. The van der Waals surface area contributed by atoms with Gasteiger partial charge >= 0.3 is 5.97 Å². The van der Waals surface area contributed by atoms with Gasteiger partial charge in [0.15, 0.2) is 0 Å². The molecule has 0 bridgehead atoms. The van der Waals surface area contributed by atoms with E-state index in [0.717, 1.165) is 38.5 Å². The third kappa shape index (κ3) is 18.5. The van der Waals surface area contributed by atoms with Crippen molar-refractivity contribution in [3.05, 3.63) is 36.8 Å². The Morgan fingerprint density at radius 3 is 2.38 bits per heavy atom. The van der Waals surface area contributed by atoms with Crippen LogP contribution in [0.25, 0.3) is 0 Å². The first-order valence-electron chi connectivity index (χ1n) is 8.11. The van der Waals surface area contributed by atoms with E-state index >= 15 is 0 Å². The first kappa shape index (κ1) is 19.5. The zero-order valence-electron chi connectivity index (χ0n) is 13.3. The van der Waals surface area contributed by atoms with Crippen molar-refractivity contribution in [3.8, 4) is 0 Å². The van der Waals surface area contributed by atoms with Crippen molar-refractivity contribution in [1.82, 2.24) is 0 Å². The lowest BCUT2D eigenvalue weighted by molar-refractivity contribution is -0.137. The molecule has 0 amide bonds. The highest BCUT2D eigenvalue weighted by molar-refractivity contribution is 5.66. The van der Waals surface area contributed by atoms with Crippen molar-refractivity contribution in [2.24, 2.45) is 0 Å². The highest BCUT2D eigenvalue weighted by atomic mass is 16.5. The smallest absolute Gasteiger partial charge is 0.303 e. The summed E-state index contributed by atoms with van der Waals surface area (Å²) in [5, 5.41) is 8.50. The molecule has 0 unspecified atom stereocenters. The molecule has 3 heteroatoms. The van der Waals surface area contributed by atoms with E-state index in [2.05, 4.69) is 13.0 Å². The minimum atomic E-state index is -0.688. The second-order valence-electron chi connectivity index (χ2n) is 5.11. The average molecular weight is 294 g/mol.